The molecule has 1 aliphatic rings. The molecule has 5 nitrogen and oxygen atoms in total. The standard InChI is InChI=1S/C24H30ClN3O2/c1-4-18(3)22(26-23(29)19-8-10-20(25)11-9-19)24(30)28-14-12-27(13-15-28)21-7-5-6-17(2)16-21/h5-11,16,18,22H,4,12-15H2,1-3H3,(H,26,29). The lowest BCUT2D eigenvalue weighted by Crippen LogP contribution is -2.56. The lowest BCUT2D eigenvalue weighted by atomic mass is 9.97. The Morgan fingerprint density at radius 2 is 1.73 bits per heavy atom. The van der Waals surface area contributed by atoms with Crippen LogP contribution in [0.15, 0.2) is 48.5 Å². The molecule has 2 atom stereocenters. The molecular formula is C24H30ClN3O2. The van der Waals surface area contributed by atoms with Crippen LogP contribution >= 0.6 is 11.6 Å². The van der Waals surface area contributed by atoms with Crippen LogP contribution < -0.4 is 10.2 Å². The highest BCUT2D eigenvalue weighted by Crippen LogP contribution is 2.20. The summed E-state index contributed by atoms with van der Waals surface area (Å²) in [6, 6.07) is 14.6. The summed E-state index contributed by atoms with van der Waals surface area (Å²) in [4.78, 5) is 30.2. The fourth-order valence-electron chi connectivity index (χ4n) is 3.72. The van der Waals surface area contributed by atoms with E-state index < -0.39 is 6.04 Å². The summed E-state index contributed by atoms with van der Waals surface area (Å²) in [6.07, 6.45) is 0.806. The Kier molecular flexibility index (Phi) is 7.38. The predicted molar refractivity (Wildman–Crippen MR) is 122 cm³/mol. The lowest BCUT2D eigenvalue weighted by molar-refractivity contribution is -0.134. The number of halogens is 1. The summed E-state index contributed by atoms with van der Waals surface area (Å²) < 4.78 is 0. The number of nitrogens with one attached hydrogen (secondary N) is 1. The Hall–Kier alpha value is -2.53. The van der Waals surface area contributed by atoms with Crippen LogP contribution in [0.5, 0.6) is 0 Å². The summed E-state index contributed by atoms with van der Waals surface area (Å²) >= 11 is 5.92. The van der Waals surface area contributed by atoms with Crippen molar-refractivity contribution in [3.8, 4) is 0 Å². The van der Waals surface area contributed by atoms with E-state index in [-0.39, 0.29) is 17.7 Å². The van der Waals surface area contributed by atoms with Crippen molar-refractivity contribution in [2.75, 3.05) is 31.1 Å². The Balaban J connectivity index is 1.65. The van der Waals surface area contributed by atoms with Crippen molar-refractivity contribution in [3.63, 3.8) is 0 Å². The molecule has 1 N–H and O–H groups in total. The van der Waals surface area contributed by atoms with E-state index in [1.165, 1.54) is 11.3 Å². The van der Waals surface area contributed by atoms with Gasteiger partial charge >= 0.3 is 0 Å². The molecule has 2 amide bonds. The predicted octanol–water partition coefficient (Wildman–Crippen LogP) is 4.14. The third-order valence-electron chi connectivity index (χ3n) is 5.83. The van der Waals surface area contributed by atoms with Gasteiger partial charge in [0.25, 0.3) is 5.91 Å². The fourth-order valence-corrected chi connectivity index (χ4v) is 3.84. The number of carbonyl (C=O) groups excluding carboxylic acids is 2. The van der Waals surface area contributed by atoms with Crippen LogP contribution in [0.25, 0.3) is 0 Å². The van der Waals surface area contributed by atoms with Crippen molar-refractivity contribution in [1.82, 2.24) is 10.2 Å². The van der Waals surface area contributed by atoms with Crippen molar-refractivity contribution in [2.24, 2.45) is 5.92 Å². The van der Waals surface area contributed by atoms with Crippen molar-refractivity contribution in [1.29, 1.82) is 0 Å². The van der Waals surface area contributed by atoms with Gasteiger partial charge in [-0.05, 0) is 54.8 Å². The minimum Gasteiger partial charge on any atom is -0.368 e. The average Bonchev–Trinajstić information content (AvgIpc) is 2.77. The molecule has 30 heavy (non-hydrogen) atoms. The molecule has 2 unspecified atom stereocenters. The largest absolute Gasteiger partial charge is 0.368 e. The zero-order valence-electron chi connectivity index (χ0n) is 17.9. The molecule has 2 aromatic rings. The number of rotatable bonds is 6. The van der Waals surface area contributed by atoms with Gasteiger partial charge in [0.2, 0.25) is 5.91 Å². The molecule has 1 aliphatic heterocycles. The molecule has 0 spiro atoms. The second kappa shape index (κ2) is 9.98. The van der Waals surface area contributed by atoms with Crippen LogP contribution in [-0.2, 0) is 4.79 Å². The van der Waals surface area contributed by atoms with Crippen LogP contribution in [0.4, 0.5) is 5.69 Å². The molecule has 0 aromatic heterocycles. The molecule has 0 saturated carbocycles. The number of nitrogens with zero attached hydrogens (tertiary/aromatic N) is 2. The second-order valence-corrected chi connectivity index (χ2v) is 8.43. The molecule has 1 saturated heterocycles. The van der Waals surface area contributed by atoms with Gasteiger partial charge in [-0.1, -0.05) is 44.0 Å². The SMILES string of the molecule is CCC(C)C(NC(=O)c1ccc(Cl)cc1)C(=O)N1CCN(c2cccc(C)c2)CC1. The maximum Gasteiger partial charge on any atom is 0.251 e. The molecule has 1 heterocycles. The normalized spacial score (nSPS) is 16.1. The van der Waals surface area contributed by atoms with E-state index in [1.54, 1.807) is 24.3 Å². The smallest absolute Gasteiger partial charge is 0.251 e. The second-order valence-electron chi connectivity index (χ2n) is 7.99. The lowest BCUT2D eigenvalue weighted by Gasteiger charge is -2.38. The Labute approximate surface area is 184 Å². The number of aryl methyl sites for hydroxylation is 1. The van der Waals surface area contributed by atoms with Crippen LogP contribution in [0.1, 0.15) is 36.2 Å². The number of piperazine rings is 1. The van der Waals surface area contributed by atoms with Gasteiger partial charge in [0, 0.05) is 42.5 Å². The number of anilines is 1. The van der Waals surface area contributed by atoms with Crippen molar-refractivity contribution >= 4 is 29.1 Å². The van der Waals surface area contributed by atoms with Crippen molar-refractivity contribution < 1.29 is 9.59 Å². The zero-order valence-corrected chi connectivity index (χ0v) is 18.7. The van der Waals surface area contributed by atoms with E-state index in [4.69, 9.17) is 11.6 Å². The first kappa shape index (κ1) is 22.2. The molecule has 0 bridgehead atoms. The zero-order chi connectivity index (χ0) is 21.7. The molecule has 3 rings (SSSR count). The number of benzene rings is 2. The highest BCUT2D eigenvalue weighted by molar-refractivity contribution is 6.30. The van der Waals surface area contributed by atoms with E-state index in [1.807, 2.05) is 18.7 Å². The molecule has 1 fully saturated rings. The van der Waals surface area contributed by atoms with Crippen LogP contribution in [0.2, 0.25) is 5.02 Å². The first-order valence-electron chi connectivity index (χ1n) is 10.6. The first-order chi connectivity index (χ1) is 14.4. The maximum atomic E-state index is 13.3. The molecule has 6 heteroatoms. The van der Waals surface area contributed by atoms with Gasteiger partial charge < -0.3 is 15.1 Å². The van der Waals surface area contributed by atoms with Crippen LogP contribution in [-0.4, -0.2) is 48.9 Å². The first-order valence-corrected chi connectivity index (χ1v) is 10.9. The van der Waals surface area contributed by atoms with Gasteiger partial charge in [-0.3, -0.25) is 9.59 Å². The summed E-state index contributed by atoms with van der Waals surface area (Å²) in [7, 11) is 0. The fraction of sp³-hybridized carbons (Fsp3) is 0.417. The van der Waals surface area contributed by atoms with E-state index in [2.05, 4.69) is 41.4 Å². The summed E-state index contributed by atoms with van der Waals surface area (Å²) in [5.74, 6) is -0.206. The quantitative estimate of drug-likeness (QED) is 0.753. The van der Waals surface area contributed by atoms with Crippen molar-refractivity contribution in [2.45, 2.75) is 33.2 Å². The summed E-state index contributed by atoms with van der Waals surface area (Å²) in [5, 5.41) is 3.54. The van der Waals surface area contributed by atoms with Gasteiger partial charge in [0.1, 0.15) is 6.04 Å². The van der Waals surface area contributed by atoms with E-state index in [0.717, 1.165) is 19.5 Å². The summed E-state index contributed by atoms with van der Waals surface area (Å²) in [5.41, 5.74) is 2.93. The highest BCUT2D eigenvalue weighted by atomic mass is 35.5. The highest BCUT2D eigenvalue weighted by Gasteiger charge is 2.32. The minimum atomic E-state index is -0.538. The molecule has 160 valence electrons. The molecule has 2 aromatic carbocycles. The number of hydrogen-bond donors (Lipinski definition) is 1. The van der Waals surface area contributed by atoms with Gasteiger partial charge in [0.15, 0.2) is 0 Å². The monoisotopic (exact) mass is 427 g/mol. The summed E-state index contributed by atoms with van der Waals surface area (Å²) in [6.45, 7) is 9.00. The third-order valence-corrected chi connectivity index (χ3v) is 6.08. The average molecular weight is 428 g/mol. The van der Waals surface area contributed by atoms with Crippen molar-refractivity contribution in [3.05, 3.63) is 64.7 Å². The maximum absolute atomic E-state index is 13.3. The third kappa shape index (κ3) is 5.33. The Morgan fingerprint density at radius 3 is 2.33 bits per heavy atom. The topological polar surface area (TPSA) is 52.7 Å². The number of amides is 2. The van der Waals surface area contributed by atoms with E-state index in [0.29, 0.717) is 23.7 Å². The minimum absolute atomic E-state index is 0.00412. The number of carbonyl (C=O) groups is 2. The van der Waals surface area contributed by atoms with E-state index in [9.17, 15) is 9.59 Å². The van der Waals surface area contributed by atoms with Gasteiger partial charge in [-0.2, -0.15) is 0 Å². The Morgan fingerprint density at radius 1 is 1.07 bits per heavy atom. The van der Waals surface area contributed by atoms with Gasteiger partial charge in [0.05, 0.1) is 0 Å². The molecular weight excluding hydrogens is 398 g/mol. The van der Waals surface area contributed by atoms with Crippen LogP contribution in [0.3, 0.4) is 0 Å². The molecule has 0 aliphatic carbocycles. The molecule has 0 radical (unpaired) electrons. The Bertz CT molecular complexity index is 876. The van der Waals surface area contributed by atoms with Gasteiger partial charge in [-0.15, -0.1) is 0 Å². The number of hydrogen-bond acceptors (Lipinski definition) is 3. The van der Waals surface area contributed by atoms with Crippen LogP contribution in [0, 0.1) is 12.8 Å². The van der Waals surface area contributed by atoms with Gasteiger partial charge in [-0.25, -0.2) is 0 Å². The van der Waals surface area contributed by atoms with E-state index >= 15 is 0 Å².